The number of hydrogen-bond donors (Lipinski definition) is 0. The summed E-state index contributed by atoms with van der Waals surface area (Å²) in [5, 5.41) is 0. The van der Waals surface area contributed by atoms with Crippen LogP contribution in [-0.4, -0.2) is 22.6 Å². The molecule has 0 heterocycles. The van der Waals surface area contributed by atoms with Gasteiger partial charge in [-0.2, -0.15) is 0 Å². The quantitative estimate of drug-likeness (QED) is 0.677. The zero-order valence-corrected chi connectivity index (χ0v) is 7.81. The molecule has 0 aliphatic carbocycles. The summed E-state index contributed by atoms with van der Waals surface area (Å²) < 4.78 is 14.8. The van der Waals surface area contributed by atoms with E-state index in [1.54, 1.807) is 0 Å². The molecule has 0 radical (unpaired) electrons. The molecule has 0 aliphatic heterocycles. The molecule has 0 aliphatic rings. The molecule has 0 N–H and O–H groups in total. The Balaban J connectivity index is 3.52. The summed E-state index contributed by atoms with van der Waals surface area (Å²) >= 11 is 20.5. The monoisotopic (exact) mass is 228 g/mol. The number of rotatable bonds is 3. The van der Waals surface area contributed by atoms with Crippen molar-refractivity contribution in [3.8, 4) is 0 Å². The molecule has 1 nitrogen and oxygen atoms in total. The molecule has 0 bridgehead atoms. The van der Waals surface area contributed by atoms with E-state index in [1.807, 2.05) is 0 Å². The van der Waals surface area contributed by atoms with Crippen molar-refractivity contribution in [2.24, 2.45) is 0 Å². The lowest BCUT2D eigenvalue weighted by atomic mass is 10.7. The third-order valence-electron chi connectivity index (χ3n) is 0.599. The standard InChI is InChI=1S/C4H5Cl4FO/c5-1-2-10-3(9)4(6,7)8/h3H,1-2H2/t3-/m1/s1. The minimum Gasteiger partial charge on any atom is -0.344 e. The molecular weight excluding hydrogens is 225 g/mol. The predicted molar refractivity (Wildman–Crippen MR) is 41.9 cm³/mol. The summed E-state index contributed by atoms with van der Waals surface area (Å²) in [4.78, 5) is 0. The zero-order valence-electron chi connectivity index (χ0n) is 4.79. The maximum absolute atomic E-state index is 12.4. The summed E-state index contributed by atoms with van der Waals surface area (Å²) in [7, 11) is 0. The second kappa shape index (κ2) is 4.83. The van der Waals surface area contributed by atoms with Crippen LogP contribution >= 0.6 is 46.4 Å². The summed E-state index contributed by atoms with van der Waals surface area (Å²) in [5.41, 5.74) is 0. The van der Waals surface area contributed by atoms with Gasteiger partial charge in [-0.1, -0.05) is 34.8 Å². The molecule has 0 aromatic carbocycles. The smallest absolute Gasteiger partial charge is 0.246 e. The van der Waals surface area contributed by atoms with Crippen molar-refractivity contribution in [2.75, 3.05) is 12.5 Å². The van der Waals surface area contributed by atoms with Crippen LogP contribution in [0.5, 0.6) is 0 Å². The Kier molecular flexibility index (Phi) is 5.34. The largest absolute Gasteiger partial charge is 0.344 e. The van der Waals surface area contributed by atoms with Crippen LogP contribution in [0, 0.1) is 0 Å². The van der Waals surface area contributed by atoms with Gasteiger partial charge in [0.1, 0.15) is 0 Å². The first-order chi connectivity index (χ1) is 4.48. The maximum Gasteiger partial charge on any atom is 0.246 e. The van der Waals surface area contributed by atoms with Gasteiger partial charge in [-0.25, -0.2) is 4.39 Å². The Labute approximate surface area is 78.3 Å². The summed E-state index contributed by atoms with van der Waals surface area (Å²) in [6, 6.07) is 0. The Morgan fingerprint density at radius 2 is 1.90 bits per heavy atom. The molecule has 0 fully saturated rings. The van der Waals surface area contributed by atoms with Gasteiger partial charge in [0.25, 0.3) is 0 Å². The van der Waals surface area contributed by atoms with Gasteiger partial charge in [0.05, 0.1) is 6.61 Å². The molecule has 0 unspecified atom stereocenters. The van der Waals surface area contributed by atoms with Gasteiger partial charge in [-0.15, -0.1) is 11.6 Å². The fourth-order valence-electron chi connectivity index (χ4n) is 0.243. The van der Waals surface area contributed by atoms with Gasteiger partial charge in [-0.05, 0) is 0 Å². The number of ether oxygens (including phenoxy) is 1. The zero-order chi connectivity index (χ0) is 8.20. The van der Waals surface area contributed by atoms with Gasteiger partial charge in [0.15, 0.2) is 0 Å². The Bertz CT molecular complexity index is 93.7. The van der Waals surface area contributed by atoms with Crippen LogP contribution in [0.1, 0.15) is 0 Å². The van der Waals surface area contributed by atoms with Crippen molar-refractivity contribution < 1.29 is 9.13 Å². The summed E-state index contributed by atoms with van der Waals surface area (Å²) in [6.07, 6.45) is -1.92. The van der Waals surface area contributed by atoms with Gasteiger partial charge < -0.3 is 4.74 Å². The van der Waals surface area contributed by atoms with Gasteiger partial charge in [-0.3, -0.25) is 0 Å². The minimum absolute atomic E-state index is 0.0244. The van der Waals surface area contributed by atoms with Crippen LogP contribution in [0.15, 0.2) is 0 Å². The van der Waals surface area contributed by atoms with Gasteiger partial charge >= 0.3 is 0 Å². The molecular formula is C4H5Cl4FO. The van der Waals surface area contributed by atoms with E-state index >= 15 is 0 Å². The normalized spacial score (nSPS) is 15.3. The van der Waals surface area contributed by atoms with Crippen LogP contribution < -0.4 is 0 Å². The molecule has 1 atom stereocenters. The molecule has 10 heavy (non-hydrogen) atoms. The molecule has 0 amide bonds. The van der Waals surface area contributed by atoms with Crippen LogP contribution in [-0.2, 0) is 4.74 Å². The highest BCUT2D eigenvalue weighted by Gasteiger charge is 2.33. The number of halogens is 5. The van der Waals surface area contributed by atoms with E-state index in [4.69, 9.17) is 46.4 Å². The Hall–Kier alpha value is 1.05. The Morgan fingerprint density at radius 1 is 1.40 bits per heavy atom. The maximum atomic E-state index is 12.4. The lowest BCUT2D eigenvalue weighted by Crippen LogP contribution is -2.24. The van der Waals surface area contributed by atoms with E-state index in [1.165, 1.54) is 0 Å². The van der Waals surface area contributed by atoms with Crippen molar-refractivity contribution >= 4 is 46.4 Å². The van der Waals surface area contributed by atoms with Crippen LogP contribution in [0.2, 0.25) is 0 Å². The van der Waals surface area contributed by atoms with Crippen molar-refractivity contribution in [1.82, 2.24) is 0 Å². The van der Waals surface area contributed by atoms with E-state index in [0.717, 1.165) is 0 Å². The predicted octanol–water partition coefficient (Wildman–Crippen LogP) is 2.91. The van der Waals surface area contributed by atoms with Gasteiger partial charge in [0.2, 0.25) is 10.2 Å². The van der Waals surface area contributed by atoms with Crippen molar-refractivity contribution in [2.45, 2.75) is 10.2 Å². The Morgan fingerprint density at radius 3 is 2.20 bits per heavy atom. The molecule has 0 spiro atoms. The lowest BCUT2D eigenvalue weighted by Gasteiger charge is -2.15. The first kappa shape index (κ1) is 11.1. The molecule has 62 valence electrons. The average Bonchev–Trinajstić information content (AvgIpc) is 1.80. The highest BCUT2D eigenvalue weighted by molar-refractivity contribution is 6.67. The fourth-order valence-corrected chi connectivity index (χ4v) is 0.521. The fraction of sp³-hybridized carbons (Fsp3) is 1.00. The third-order valence-corrected chi connectivity index (χ3v) is 1.27. The van der Waals surface area contributed by atoms with E-state index in [0.29, 0.717) is 0 Å². The number of alkyl halides is 5. The first-order valence-corrected chi connectivity index (χ1v) is 4.03. The van der Waals surface area contributed by atoms with E-state index in [9.17, 15) is 4.39 Å². The molecule has 6 heteroatoms. The average molecular weight is 230 g/mol. The second-order valence-corrected chi connectivity index (χ2v) is 4.16. The minimum atomic E-state index is -2.02. The van der Waals surface area contributed by atoms with Crippen LogP contribution in [0.3, 0.4) is 0 Å². The van der Waals surface area contributed by atoms with Crippen molar-refractivity contribution in [3.05, 3.63) is 0 Å². The molecule has 0 aromatic heterocycles. The van der Waals surface area contributed by atoms with Crippen molar-refractivity contribution in [1.29, 1.82) is 0 Å². The van der Waals surface area contributed by atoms with Crippen LogP contribution in [0.4, 0.5) is 4.39 Å². The van der Waals surface area contributed by atoms with E-state index in [-0.39, 0.29) is 12.5 Å². The van der Waals surface area contributed by atoms with Gasteiger partial charge in [0, 0.05) is 5.88 Å². The number of hydrogen-bond acceptors (Lipinski definition) is 1. The molecule has 0 aromatic rings. The molecule has 0 saturated carbocycles. The van der Waals surface area contributed by atoms with Crippen LogP contribution in [0.25, 0.3) is 0 Å². The highest BCUT2D eigenvalue weighted by Crippen LogP contribution is 2.32. The van der Waals surface area contributed by atoms with E-state index < -0.39 is 10.2 Å². The second-order valence-electron chi connectivity index (χ2n) is 1.42. The summed E-state index contributed by atoms with van der Waals surface area (Å²) in [5.74, 6) is 0.168. The first-order valence-electron chi connectivity index (χ1n) is 2.37. The highest BCUT2D eigenvalue weighted by atomic mass is 35.6. The SMILES string of the molecule is F[C@H](OCCCl)C(Cl)(Cl)Cl. The third kappa shape index (κ3) is 4.80. The van der Waals surface area contributed by atoms with Crippen molar-refractivity contribution in [3.63, 3.8) is 0 Å². The van der Waals surface area contributed by atoms with E-state index in [2.05, 4.69) is 4.74 Å². The topological polar surface area (TPSA) is 9.23 Å². The summed E-state index contributed by atoms with van der Waals surface area (Å²) in [6.45, 7) is 0.0244. The molecule has 0 saturated heterocycles. The molecule has 0 rings (SSSR count). The lowest BCUT2D eigenvalue weighted by molar-refractivity contribution is -0.0276.